The number of fused-ring (bicyclic) bond motifs is 7. The van der Waals surface area contributed by atoms with Crippen molar-refractivity contribution in [3.05, 3.63) is 11.6 Å². The summed E-state index contributed by atoms with van der Waals surface area (Å²) < 4.78 is 6.94. The highest BCUT2D eigenvalue weighted by molar-refractivity contribution is 5.26. The Morgan fingerprint density at radius 1 is 1.14 bits per heavy atom. The molecule has 4 aliphatic carbocycles. The molecule has 1 spiro atoms. The maximum Gasteiger partial charge on any atom is 0.122 e. The molecule has 2 N–H and O–H groups in total. The van der Waals surface area contributed by atoms with Crippen LogP contribution in [0.3, 0.4) is 0 Å². The van der Waals surface area contributed by atoms with Gasteiger partial charge in [-0.15, -0.1) is 0 Å². The molecule has 0 bridgehead atoms. The molecule has 3 heteroatoms. The van der Waals surface area contributed by atoms with Crippen LogP contribution in [0.25, 0.3) is 0 Å². The van der Waals surface area contributed by atoms with Crippen molar-refractivity contribution in [1.29, 1.82) is 0 Å². The van der Waals surface area contributed by atoms with E-state index < -0.39 is 0 Å². The summed E-state index contributed by atoms with van der Waals surface area (Å²) in [4.78, 5) is 0. The lowest BCUT2D eigenvalue weighted by molar-refractivity contribution is -0.0900. The van der Waals surface area contributed by atoms with Crippen molar-refractivity contribution in [3.8, 4) is 0 Å². The van der Waals surface area contributed by atoms with Gasteiger partial charge in [-0.25, -0.2) is 0 Å². The van der Waals surface area contributed by atoms with Crippen LogP contribution >= 0.6 is 0 Å². The van der Waals surface area contributed by atoms with Gasteiger partial charge in [0, 0.05) is 12.5 Å². The van der Waals surface area contributed by atoms with Crippen LogP contribution < -0.4 is 5.32 Å². The number of hydrogen-bond acceptors (Lipinski definition) is 3. The first-order valence-electron chi connectivity index (χ1n) is 12.6. The standard InChI is InChI=1S/C26H41NO2/c1-15-13-26(27-14-15)16(2)23-22(29-26)12-21-19-6-5-17-11-18(28)7-9-24(17,3)20(19)8-10-25(21,23)4/h5,15-16,18-23,27-28H,6-14H2,1-4H3. The van der Waals surface area contributed by atoms with E-state index >= 15 is 0 Å². The summed E-state index contributed by atoms with van der Waals surface area (Å²) in [5.41, 5.74) is 2.34. The van der Waals surface area contributed by atoms with Gasteiger partial charge >= 0.3 is 0 Å². The lowest BCUT2D eigenvalue weighted by Gasteiger charge is -2.58. The van der Waals surface area contributed by atoms with Crippen molar-refractivity contribution in [1.82, 2.24) is 5.32 Å². The largest absolute Gasteiger partial charge is 0.393 e. The SMILES string of the molecule is CC1CNC2(C1)OC1CC3C4CC=C5CC(O)CCC5(C)C4CCC3(C)C1C2C. The molecule has 0 aromatic rings. The number of ether oxygens (including phenoxy) is 1. The molecule has 29 heavy (non-hydrogen) atoms. The van der Waals surface area contributed by atoms with Crippen molar-refractivity contribution < 1.29 is 9.84 Å². The fourth-order valence-electron chi connectivity index (χ4n) is 9.80. The minimum absolute atomic E-state index is 0.0370. The van der Waals surface area contributed by atoms with E-state index in [-0.39, 0.29) is 11.8 Å². The number of allylic oxidation sites excluding steroid dienone is 1. The van der Waals surface area contributed by atoms with E-state index in [0.29, 0.717) is 22.9 Å². The number of hydrogen-bond donors (Lipinski definition) is 2. The minimum atomic E-state index is -0.0997. The average molecular weight is 400 g/mol. The number of rotatable bonds is 0. The van der Waals surface area contributed by atoms with Crippen LogP contribution in [0, 0.1) is 46.3 Å². The third-order valence-corrected chi connectivity index (χ3v) is 11.2. The molecule has 2 aliphatic heterocycles. The Labute approximate surface area is 177 Å². The highest BCUT2D eigenvalue weighted by Crippen LogP contribution is 2.70. The summed E-state index contributed by atoms with van der Waals surface area (Å²) in [5, 5.41) is 14.1. The number of aliphatic hydroxyl groups excluding tert-OH is 1. The van der Waals surface area contributed by atoms with Crippen LogP contribution in [0.4, 0.5) is 0 Å². The van der Waals surface area contributed by atoms with Crippen LogP contribution in [0.2, 0.25) is 0 Å². The van der Waals surface area contributed by atoms with Crippen LogP contribution in [-0.4, -0.2) is 29.6 Å². The lowest BCUT2D eigenvalue weighted by atomic mass is 9.47. The molecular weight excluding hydrogens is 358 g/mol. The summed E-state index contributed by atoms with van der Waals surface area (Å²) in [5.74, 6) is 4.54. The maximum atomic E-state index is 10.2. The van der Waals surface area contributed by atoms with Gasteiger partial charge in [-0.2, -0.15) is 0 Å². The molecule has 0 aromatic carbocycles. The molecule has 2 saturated heterocycles. The zero-order valence-corrected chi connectivity index (χ0v) is 18.9. The van der Waals surface area contributed by atoms with Gasteiger partial charge in [0.2, 0.25) is 0 Å². The molecule has 6 aliphatic rings. The predicted octanol–water partition coefficient (Wildman–Crippen LogP) is 4.90. The Hall–Kier alpha value is -0.380. The van der Waals surface area contributed by atoms with E-state index in [2.05, 4.69) is 39.1 Å². The summed E-state index contributed by atoms with van der Waals surface area (Å²) in [6.45, 7) is 11.2. The van der Waals surface area contributed by atoms with Gasteiger partial charge in [0.25, 0.3) is 0 Å². The molecule has 11 atom stereocenters. The van der Waals surface area contributed by atoms with Crippen molar-refractivity contribution >= 4 is 0 Å². The van der Waals surface area contributed by atoms with Gasteiger partial charge in [-0.3, -0.25) is 5.32 Å². The van der Waals surface area contributed by atoms with Crippen LogP contribution in [0.5, 0.6) is 0 Å². The summed E-state index contributed by atoms with van der Waals surface area (Å²) in [6.07, 6.45) is 12.5. The molecule has 11 unspecified atom stereocenters. The van der Waals surface area contributed by atoms with Crippen molar-refractivity contribution in [2.24, 2.45) is 46.3 Å². The summed E-state index contributed by atoms with van der Waals surface area (Å²) >= 11 is 0. The van der Waals surface area contributed by atoms with Gasteiger partial charge in [-0.05, 0) is 91.8 Å². The average Bonchev–Trinajstić information content (AvgIpc) is 3.28. The van der Waals surface area contributed by atoms with E-state index in [4.69, 9.17) is 4.74 Å². The molecule has 162 valence electrons. The Balaban J connectivity index is 1.30. The highest BCUT2D eigenvalue weighted by atomic mass is 16.5. The summed E-state index contributed by atoms with van der Waals surface area (Å²) in [7, 11) is 0. The normalized spacial score (nSPS) is 61.1. The van der Waals surface area contributed by atoms with E-state index in [1.807, 2.05) is 0 Å². The lowest BCUT2D eigenvalue weighted by Crippen LogP contribution is -2.52. The van der Waals surface area contributed by atoms with Gasteiger partial charge < -0.3 is 9.84 Å². The zero-order chi connectivity index (χ0) is 20.2. The molecule has 6 rings (SSSR count). The second kappa shape index (κ2) is 6.11. The highest BCUT2D eigenvalue weighted by Gasteiger charge is 2.68. The molecule has 3 saturated carbocycles. The van der Waals surface area contributed by atoms with Crippen LogP contribution in [-0.2, 0) is 4.74 Å². The van der Waals surface area contributed by atoms with Crippen molar-refractivity contribution in [3.63, 3.8) is 0 Å². The predicted molar refractivity (Wildman–Crippen MR) is 115 cm³/mol. The molecule has 0 aromatic heterocycles. The Bertz CT molecular complexity index is 734. The number of nitrogens with one attached hydrogen (secondary N) is 1. The monoisotopic (exact) mass is 399 g/mol. The fourth-order valence-corrected chi connectivity index (χ4v) is 9.80. The Morgan fingerprint density at radius 2 is 1.97 bits per heavy atom. The van der Waals surface area contributed by atoms with Crippen molar-refractivity contribution in [2.75, 3.05) is 6.54 Å². The second-order valence-electron chi connectivity index (χ2n) is 12.5. The van der Waals surface area contributed by atoms with E-state index in [9.17, 15) is 5.11 Å². The van der Waals surface area contributed by atoms with E-state index in [0.717, 1.165) is 49.0 Å². The van der Waals surface area contributed by atoms with E-state index in [1.165, 1.54) is 38.5 Å². The maximum absolute atomic E-state index is 10.2. The third-order valence-electron chi connectivity index (χ3n) is 11.2. The molecule has 0 amide bonds. The summed E-state index contributed by atoms with van der Waals surface area (Å²) in [6, 6.07) is 0. The third kappa shape index (κ3) is 2.42. The zero-order valence-electron chi connectivity index (χ0n) is 18.9. The van der Waals surface area contributed by atoms with Gasteiger partial charge in [0.05, 0.1) is 12.2 Å². The smallest absolute Gasteiger partial charge is 0.122 e. The Morgan fingerprint density at radius 3 is 2.72 bits per heavy atom. The van der Waals surface area contributed by atoms with Gasteiger partial charge in [0.15, 0.2) is 0 Å². The molecule has 2 heterocycles. The van der Waals surface area contributed by atoms with Crippen LogP contribution in [0.15, 0.2) is 11.6 Å². The Kier molecular flexibility index (Phi) is 4.07. The molecule has 5 fully saturated rings. The minimum Gasteiger partial charge on any atom is -0.393 e. The van der Waals surface area contributed by atoms with Crippen molar-refractivity contribution in [2.45, 2.75) is 97.0 Å². The van der Waals surface area contributed by atoms with Crippen LogP contribution in [0.1, 0.15) is 79.1 Å². The molecule has 0 radical (unpaired) electrons. The quantitative estimate of drug-likeness (QED) is 0.570. The topological polar surface area (TPSA) is 41.5 Å². The van der Waals surface area contributed by atoms with Gasteiger partial charge in [0.1, 0.15) is 5.72 Å². The second-order valence-corrected chi connectivity index (χ2v) is 12.5. The first-order valence-corrected chi connectivity index (χ1v) is 12.6. The number of aliphatic hydroxyl groups is 1. The first kappa shape index (κ1) is 19.3. The molecular formula is C26H41NO2. The fraction of sp³-hybridized carbons (Fsp3) is 0.923. The van der Waals surface area contributed by atoms with E-state index in [1.54, 1.807) is 5.57 Å². The molecule has 3 nitrogen and oxygen atoms in total. The first-order chi connectivity index (χ1) is 13.8. The van der Waals surface area contributed by atoms with Gasteiger partial charge in [-0.1, -0.05) is 39.3 Å².